The smallest absolute Gasteiger partial charge is 0.241 e. The molecule has 4 aromatic rings. The number of hydrogen-bond acceptors (Lipinski definition) is 3. The number of fused-ring (bicyclic) bond motifs is 1. The fourth-order valence-electron chi connectivity index (χ4n) is 3.87. The third-order valence-corrected chi connectivity index (χ3v) is 5.75. The topological polar surface area (TPSA) is 108 Å². The van der Waals surface area contributed by atoms with E-state index in [9.17, 15) is 9.59 Å². The normalized spacial score (nSPS) is 12.5. The van der Waals surface area contributed by atoms with E-state index in [0.717, 1.165) is 16.3 Å². The Balaban J connectivity index is 1.55. The molecule has 6 nitrogen and oxygen atoms in total. The van der Waals surface area contributed by atoms with E-state index in [4.69, 9.17) is 11.1 Å². The van der Waals surface area contributed by atoms with Crippen molar-refractivity contribution in [1.82, 2.24) is 5.32 Å². The summed E-state index contributed by atoms with van der Waals surface area (Å²) < 4.78 is 0. The molecule has 4 rings (SSSR count). The van der Waals surface area contributed by atoms with Gasteiger partial charge in [-0.05, 0) is 59.2 Å². The molecule has 1 unspecified atom stereocenters. The van der Waals surface area contributed by atoms with Crippen LogP contribution in [0.1, 0.15) is 35.6 Å². The van der Waals surface area contributed by atoms with Crippen LogP contribution < -0.4 is 16.4 Å². The summed E-state index contributed by atoms with van der Waals surface area (Å²) in [7, 11) is 0. The molecule has 0 aliphatic heterocycles. The first kappa shape index (κ1) is 22.7. The zero-order valence-electron chi connectivity index (χ0n) is 18.8. The van der Waals surface area contributed by atoms with Crippen molar-refractivity contribution in [3.63, 3.8) is 0 Å². The average Bonchev–Trinajstić information content (AvgIpc) is 2.84. The molecular formula is C28H26N4O2. The number of rotatable bonds is 7. The lowest BCUT2D eigenvalue weighted by Gasteiger charge is -2.21. The lowest BCUT2D eigenvalue weighted by molar-refractivity contribution is -0.129. The molecule has 2 amide bonds. The maximum atomic E-state index is 13.3. The van der Waals surface area contributed by atoms with E-state index < -0.39 is 11.8 Å². The second-order valence-corrected chi connectivity index (χ2v) is 8.16. The Morgan fingerprint density at radius 3 is 2.09 bits per heavy atom. The number of amidine groups is 1. The Morgan fingerprint density at radius 2 is 1.41 bits per heavy atom. The average molecular weight is 451 g/mol. The van der Waals surface area contributed by atoms with Gasteiger partial charge in [-0.15, -0.1) is 0 Å². The summed E-state index contributed by atoms with van der Waals surface area (Å²) in [5.74, 6) is -1.91. The maximum Gasteiger partial charge on any atom is 0.241 e. The van der Waals surface area contributed by atoms with E-state index in [-0.39, 0.29) is 17.8 Å². The summed E-state index contributed by atoms with van der Waals surface area (Å²) >= 11 is 0. The number of benzene rings is 4. The van der Waals surface area contributed by atoms with Gasteiger partial charge in [0.25, 0.3) is 0 Å². The van der Waals surface area contributed by atoms with Crippen LogP contribution >= 0.6 is 0 Å². The molecule has 0 radical (unpaired) electrons. The number of carbonyl (C=O) groups is 2. The summed E-state index contributed by atoms with van der Waals surface area (Å²) in [5.41, 5.74) is 8.13. The van der Waals surface area contributed by atoms with Gasteiger partial charge < -0.3 is 16.4 Å². The van der Waals surface area contributed by atoms with Gasteiger partial charge in [-0.3, -0.25) is 15.0 Å². The molecule has 6 heteroatoms. The first-order chi connectivity index (χ1) is 16.4. The summed E-state index contributed by atoms with van der Waals surface area (Å²) in [6, 6.07) is 29.4. The number of anilines is 1. The van der Waals surface area contributed by atoms with Crippen LogP contribution in [0.5, 0.6) is 0 Å². The summed E-state index contributed by atoms with van der Waals surface area (Å²) in [5, 5.41) is 15.5. The second kappa shape index (κ2) is 10.0. The molecule has 0 aliphatic rings. The fraction of sp³-hybridized carbons (Fsp3) is 0.107. The lowest BCUT2D eigenvalue weighted by atomic mass is 9.95. The number of carbonyl (C=O) groups excluding carboxylic acids is 2. The standard InChI is InChI=1S/C28H26N4O2/c1-18(22-12-11-19-7-5-6-10-23(19)17-22)31-27(33)25(20-8-3-2-4-9-20)28(34)32-24-15-13-21(14-16-24)26(29)30/h2-18,25H,1H3,(H3,29,30)(H,31,33)(H,32,34)/t18-,25?/m1/s1. The first-order valence-corrected chi connectivity index (χ1v) is 11.0. The largest absolute Gasteiger partial charge is 0.384 e. The highest BCUT2D eigenvalue weighted by molar-refractivity contribution is 6.11. The number of nitrogen functional groups attached to an aromatic ring is 1. The van der Waals surface area contributed by atoms with Gasteiger partial charge in [-0.25, -0.2) is 0 Å². The van der Waals surface area contributed by atoms with E-state index >= 15 is 0 Å². The van der Waals surface area contributed by atoms with E-state index in [0.29, 0.717) is 16.8 Å². The molecule has 4 aromatic carbocycles. The number of nitrogens with two attached hydrogens (primary N) is 1. The van der Waals surface area contributed by atoms with Gasteiger partial charge in [0.05, 0.1) is 6.04 Å². The van der Waals surface area contributed by atoms with Crippen LogP contribution in [-0.2, 0) is 9.59 Å². The minimum absolute atomic E-state index is 0.0536. The molecule has 0 aromatic heterocycles. The second-order valence-electron chi connectivity index (χ2n) is 8.16. The zero-order valence-corrected chi connectivity index (χ0v) is 18.8. The molecule has 0 spiro atoms. The molecule has 0 saturated carbocycles. The Kier molecular flexibility index (Phi) is 6.69. The highest BCUT2D eigenvalue weighted by Crippen LogP contribution is 2.23. The van der Waals surface area contributed by atoms with Crippen LogP contribution in [0.25, 0.3) is 10.8 Å². The monoisotopic (exact) mass is 450 g/mol. The predicted molar refractivity (Wildman–Crippen MR) is 136 cm³/mol. The predicted octanol–water partition coefficient (Wildman–Crippen LogP) is 4.72. The van der Waals surface area contributed by atoms with Crippen molar-refractivity contribution in [1.29, 1.82) is 5.41 Å². The molecule has 5 N–H and O–H groups in total. The van der Waals surface area contributed by atoms with Crippen LogP contribution in [0.2, 0.25) is 0 Å². The van der Waals surface area contributed by atoms with Crippen LogP contribution in [0, 0.1) is 5.41 Å². The van der Waals surface area contributed by atoms with Gasteiger partial charge >= 0.3 is 0 Å². The van der Waals surface area contributed by atoms with E-state index in [1.807, 2.05) is 49.4 Å². The molecule has 170 valence electrons. The van der Waals surface area contributed by atoms with Crippen LogP contribution in [0.4, 0.5) is 5.69 Å². The molecule has 0 heterocycles. The highest BCUT2D eigenvalue weighted by Gasteiger charge is 2.29. The first-order valence-electron chi connectivity index (χ1n) is 11.0. The Bertz CT molecular complexity index is 1330. The summed E-state index contributed by atoms with van der Waals surface area (Å²) in [4.78, 5) is 26.6. The molecular weight excluding hydrogens is 424 g/mol. The minimum atomic E-state index is -1.03. The highest BCUT2D eigenvalue weighted by atomic mass is 16.2. The Hall–Kier alpha value is -4.45. The molecule has 0 saturated heterocycles. The maximum absolute atomic E-state index is 13.3. The van der Waals surface area contributed by atoms with Crippen molar-refractivity contribution >= 4 is 34.1 Å². The summed E-state index contributed by atoms with van der Waals surface area (Å²) in [6.45, 7) is 1.91. The van der Waals surface area contributed by atoms with E-state index in [1.54, 1.807) is 48.5 Å². The van der Waals surface area contributed by atoms with Crippen molar-refractivity contribution in [2.75, 3.05) is 5.32 Å². The van der Waals surface area contributed by atoms with Crippen LogP contribution in [-0.4, -0.2) is 17.6 Å². The summed E-state index contributed by atoms with van der Waals surface area (Å²) in [6.07, 6.45) is 0. The fourth-order valence-corrected chi connectivity index (χ4v) is 3.87. The molecule has 0 aliphatic carbocycles. The number of amides is 2. The van der Waals surface area contributed by atoms with Crippen molar-refractivity contribution < 1.29 is 9.59 Å². The molecule has 34 heavy (non-hydrogen) atoms. The van der Waals surface area contributed by atoms with E-state index in [1.165, 1.54) is 0 Å². The SMILES string of the molecule is C[C@@H](NC(=O)C(C(=O)Nc1ccc(C(=N)N)cc1)c1ccccc1)c1ccc2ccccc2c1. The van der Waals surface area contributed by atoms with Crippen LogP contribution in [0.15, 0.2) is 97.1 Å². The quantitative estimate of drug-likeness (QED) is 0.186. The molecule has 2 atom stereocenters. The minimum Gasteiger partial charge on any atom is -0.384 e. The van der Waals surface area contributed by atoms with Crippen molar-refractivity contribution in [3.05, 3.63) is 114 Å². The van der Waals surface area contributed by atoms with Gasteiger partial charge in [0, 0.05) is 11.3 Å². The van der Waals surface area contributed by atoms with Crippen molar-refractivity contribution in [2.24, 2.45) is 5.73 Å². The zero-order chi connectivity index (χ0) is 24.1. The third kappa shape index (κ3) is 5.13. The van der Waals surface area contributed by atoms with Gasteiger partial charge in [0.1, 0.15) is 11.8 Å². The molecule has 0 bridgehead atoms. The Labute approximate surface area is 198 Å². The van der Waals surface area contributed by atoms with Crippen LogP contribution in [0.3, 0.4) is 0 Å². The van der Waals surface area contributed by atoms with Crippen molar-refractivity contribution in [3.8, 4) is 0 Å². The van der Waals surface area contributed by atoms with Crippen molar-refractivity contribution in [2.45, 2.75) is 18.9 Å². The van der Waals surface area contributed by atoms with Gasteiger partial charge in [-0.1, -0.05) is 66.7 Å². The number of hydrogen-bond donors (Lipinski definition) is 4. The van der Waals surface area contributed by atoms with Gasteiger partial charge in [0.15, 0.2) is 0 Å². The Morgan fingerprint density at radius 1 is 0.765 bits per heavy atom. The molecule has 0 fully saturated rings. The lowest BCUT2D eigenvalue weighted by Crippen LogP contribution is -2.37. The number of nitrogens with one attached hydrogen (secondary N) is 3. The van der Waals surface area contributed by atoms with Gasteiger partial charge in [-0.2, -0.15) is 0 Å². The van der Waals surface area contributed by atoms with Gasteiger partial charge in [0.2, 0.25) is 11.8 Å². The van der Waals surface area contributed by atoms with E-state index in [2.05, 4.69) is 16.7 Å². The third-order valence-electron chi connectivity index (χ3n) is 5.75.